The van der Waals surface area contributed by atoms with Crippen LogP contribution in [0.15, 0.2) is 29.1 Å². The van der Waals surface area contributed by atoms with Crippen molar-refractivity contribution in [1.29, 1.82) is 0 Å². The van der Waals surface area contributed by atoms with Crippen LogP contribution in [0, 0.1) is 5.92 Å². The van der Waals surface area contributed by atoms with E-state index in [4.69, 9.17) is 0 Å². The van der Waals surface area contributed by atoms with Crippen molar-refractivity contribution in [1.82, 2.24) is 0 Å². The third kappa shape index (κ3) is 1.97. The molecule has 1 fully saturated rings. The molecule has 0 aromatic heterocycles. The van der Waals surface area contributed by atoms with Crippen LogP contribution < -0.4 is 0 Å². The molecule has 3 heteroatoms. The Morgan fingerprint density at radius 2 is 1.94 bits per heavy atom. The summed E-state index contributed by atoms with van der Waals surface area (Å²) in [6.45, 7) is 0. The van der Waals surface area contributed by atoms with Gasteiger partial charge in [-0.15, -0.1) is 0 Å². The van der Waals surface area contributed by atoms with Crippen molar-refractivity contribution in [2.24, 2.45) is 5.92 Å². The zero-order valence-electron chi connectivity index (χ0n) is 9.15. The van der Waals surface area contributed by atoms with Crippen LogP contribution >= 0.6 is 0 Å². The van der Waals surface area contributed by atoms with Crippen LogP contribution in [-0.2, 0) is 4.79 Å². The summed E-state index contributed by atoms with van der Waals surface area (Å²) in [5, 5.41) is 19.4. The van der Waals surface area contributed by atoms with Gasteiger partial charge in [0.2, 0.25) is 0 Å². The summed E-state index contributed by atoms with van der Waals surface area (Å²) >= 11 is 0. The van der Waals surface area contributed by atoms with Crippen LogP contribution in [0.5, 0.6) is 0 Å². The first-order valence-corrected chi connectivity index (χ1v) is 5.79. The second kappa shape index (κ2) is 4.69. The molecule has 1 unspecified atom stereocenters. The number of aliphatic hydroxyl groups excluding tert-OH is 2. The molecule has 0 saturated heterocycles. The molecule has 0 radical (unpaired) electrons. The molecular weight excluding hydrogens is 204 g/mol. The Bertz CT molecular complexity index is 380. The van der Waals surface area contributed by atoms with Crippen LogP contribution in [-0.4, -0.2) is 22.3 Å². The number of rotatable bonds is 1. The van der Waals surface area contributed by atoms with Gasteiger partial charge in [0.1, 0.15) is 23.4 Å². The molecule has 2 aliphatic carbocycles. The summed E-state index contributed by atoms with van der Waals surface area (Å²) in [6, 6.07) is 0. The molecule has 0 aromatic rings. The third-order valence-electron chi connectivity index (χ3n) is 3.44. The Morgan fingerprint density at radius 1 is 1.25 bits per heavy atom. The molecule has 1 atom stereocenters. The molecule has 1 saturated carbocycles. The Hall–Kier alpha value is -1.31. The van der Waals surface area contributed by atoms with Crippen LogP contribution in [0.1, 0.15) is 32.1 Å². The predicted molar refractivity (Wildman–Crippen MR) is 60.6 cm³/mol. The molecule has 3 nitrogen and oxygen atoms in total. The lowest BCUT2D eigenvalue weighted by Gasteiger charge is -2.26. The standard InChI is InChI=1S/C13H16O3/c14-8-11-12(15)7-6-10(13(11)16)9-4-2-1-3-5-9/h6-7,9,12,15-16H,1-5H2. The molecular formula is C13H16O3. The minimum atomic E-state index is -1.01. The van der Waals surface area contributed by atoms with E-state index < -0.39 is 6.10 Å². The number of carbonyl (C=O) groups excluding carboxylic acids is 1. The van der Waals surface area contributed by atoms with Gasteiger partial charge in [-0.2, -0.15) is 0 Å². The lowest BCUT2D eigenvalue weighted by molar-refractivity contribution is 0.244. The quantitative estimate of drug-likeness (QED) is 0.665. The third-order valence-corrected chi connectivity index (χ3v) is 3.44. The van der Waals surface area contributed by atoms with Gasteiger partial charge in [-0.3, -0.25) is 0 Å². The van der Waals surface area contributed by atoms with Crippen molar-refractivity contribution in [2.75, 3.05) is 0 Å². The predicted octanol–water partition coefficient (Wildman–Crippen LogP) is 2.07. The molecule has 16 heavy (non-hydrogen) atoms. The number of aliphatic hydroxyl groups is 2. The Morgan fingerprint density at radius 3 is 2.56 bits per heavy atom. The molecule has 2 N–H and O–H groups in total. The molecule has 0 bridgehead atoms. The van der Waals surface area contributed by atoms with Crippen molar-refractivity contribution in [2.45, 2.75) is 38.2 Å². The monoisotopic (exact) mass is 220 g/mol. The molecule has 86 valence electrons. The van der Waals surface area contributed by atoms with Crippen LogP contribution in [0.3, 0.4) is 0 Å². The van der Waals surface area contributed by atoms with Crippen molar-refractivity contribution in [3.05, 3.63) is 29.1 Å². The number of hydrogen-bond donors (Lipinski definition) is 2. The zero-order chi connectivity index (χ0) is 11.5. The largest absolute Gasteiger partial charge is 0.506 e. The van der Waals surface area contributed by atoms with Crippen molar-refractivity contribution < 1.29 is 15.0 Å². The number of hydrogen-bond acceptors (Lipinski definition) is 3. The van der Waals surface area contributed by atoms with Crippen LogP contribution in [0.25, 0.3) is 0 Å². The van der Waals surface area contributed by atoms with Gasteiger partial charge < -0.3 is 10.2 Å². The maximum atomic E-state index is 10.7. The Balaban J connectivity index is 2.29. The van der Waals surface area contributed by atoms with E-state index in [0.29, 0.717) is 5.92 Å². The fourth-order valence-corrected chi connectivity index (χ4v) is 2.52. The van der Waals surface area contributed by atoms with E-state index in [0.717, 1.165) is 31.3 Å². The minimum Gasteiger partial charge on any atom is -0.506 e. The Kier molecular flexibility index (Phi) is 3.28. The molecule has 2 aliphatic rings. The number of allylic oxidation sites excluding steroid dienone is 2. The summed E-state index contributed by atoms with van der Waals surface area (Å²) in [7, 11) is 0. The van der Waals surface area contributed by atoms with Crippen molar-refractivity contribution >= 4 is 5.94 Å². The summed E-state index contributed by atoms with van der Waals surface area (Å²) in [5.41, 5.74) is 0.770. The average molecular weight is 220 g/mol. The summed E-state index contributed by atoms with van der Waals surface area (Å²) in [5.74, 6) is 1.89. The van der Waals surface area contributed by atoms with E-state index >= 15 is 0 Å². The van der Waals surface area contributed by atoms with Crippen LogP contribution in [0.2, 0.25) is 0 Å². The van der Waals surface area contributed by atoms with Gasteiger partial charge >= 0.3 is 0 Å². The van der Waals surface area contributed by atoms with E-state index in [1.54, 1.807) is 18.1 Å². The maximum absolute atomic E-state index is 10.7. The minimum absolute atomic E-state index is 0.0249. The van der Waals surface area contributed by atoms with Gasteiger partial charge in [0.05, 0.1) is 0 Å². The zero-order valence-corrected chi connectivity index (χ0v) is 9.15. The van der Waals surface area contributed by atoms with E-state index in [1.165, 1.54) is 6.42 Å². The first-order valence-electron chi connectivity index (χ1n) is 5.79. The fourth-order valence-electron chi connectivity index (χ4n) is 2.52. The summed E-state index contributed by atoms with van der Waals surface area (Å²) in [4.78, 5) is 10.7. The Labute approximate surface area is 94.8 Å². The summed E-state index contributed by atoms with van der Waals surface area (Å²) in [6.07, 6.45) is 7.95. The highest BCUT2D eigenvalue weighted by Gasteiger charge is 2.26. The second-order valence-electron chi connectivity index (χ2n) is 4.46. The molecule has 2 rings (SSSR count). The van der Waals surface area contributed by atoms with E-state index in [-0.39, 0.29) is 11.3 Å². The molecule has 0 aliphatic heterocycles. The van der Waals surface area contributed by atoms with Crippen molar-refractivity contribution in [3.63, 3.8) is 0 Å². The highest BCUT2D eigenvalue weighted by molar-refractivity contribution is 5.65. The van der Waals surface area contributed by atoms with E-state index in [9.17, 15) is 15.0 Å². The maximum Gasteiger partial charge on any atom is 0.136 e. The molecule has 0 aromatic carbocycles. The first-order chi connectivity index (χ1) is 7.74. The van der Waals surface area contributed by atoms with E-state index in [1.807, 2.05) is 0 Å². The first kappa shape index (κ1) is 11.2. The van der Waals surface area contributed by atoms with Gasteiger partial charge in [-0.25, -0.2) is 4.79 Å². The highest BCUT2D eigenvalue weighted by Crippen LogP contribution is 2.35. The second-order valence-corrected chi connectivity index (χ2v) is 4.46. The molecule has 0 spiro atoms. The topological polar surface area (TPSA) is 57.5 Å². The smallest absolute Gasteiger partial charge is 0.136 e. The van der Waals surface area contributed by atoms with Gasteiger partial charge in [-0.05, 0) is 24.3 Å². The lowest BCUT2D eigenvalue weighted by Crippen LogP contribution is -2.19. The van der Waals surface area contributed by atoms with Gasteiger partial charge in [0.25, 0.3) is 0 Å². The van der Waals surface area contributed by atoms with Gasteiger partial charge in [0.15, 0.2) is 0 Å². The highest BCUT2D eigenvalue weighted by atomic mass is 16.3. The SMILES string of the molecule is O=C=C1C(O)=C(C2CCCCC2)C=CC1O. The van der Waals surface area contributed by atoms with Gasteiger partial charge in [0, 0.05) is 0 Å². The normalized spacial score (nSPS) is 27.1. The average Bonchev–Trinajstić information content (AvgIpc) is 2.31. The van der Waals surface area contributed by atoms with Crippen molar-refractivity contribution in [3.8, 4) is 0 Å². The molecule has 0 amide bonds. The summed E-state index contributed by atoms with van der Waals surface area (Å²) < 4.78 is 0. The van der Waals surface area contributed by atoms with E-state index in [2.05, 4.69) is 0 Å². The van der Waals surface area contributed by atoms with Gasteiger partial charge in [-0.1, -0.05) is 31.4 Å². The molecule has 0 heterocycles. The fraction of sp³-hybridized carbons (Fsp3) is 0.538. The van der Waals surface area contributed by atoms with Crippen LogP contribution in [0.4, 0.5) is 0 Å². The lowest BCUT2D eigenvalue weighted by atomic mass is 9.80.